The zero-order chi connectivity index (χ0) is 47.7. The van der Waals surface area contributed by atoms with Crippen molar-refractivity contribution in [3.8, 4) is 0 Å². The maximum atomic E-state index is 2.62. The molecule has 0 aliphatic heterocycles. The second-order valence-corrected chi connectivity index (χ2v) is 21.3. The highest BCUT2D eigenvalue weighted by Gasteiger charge is 2.29. The standard InChI is InChI=1S/C66H68N2/c1-39(2)47-25-23-45-27-29-51(41(5)6)65(59(45)35-47)67(49-19-15-13-16-20-49)61-37-57(43(9)10)53-32-34-56-62(38-58(44(11)12)54-31-33-55(61)63(53)64(54)56)68(50-21-17-14-18-22-50)66-52(42(7)8)30-28-46-24-26-48(40(3)4)36-60(46)66/h13-44H,1-12H3. The average molecular weight is 889 g/mol. The molecule has 0 amide bonds. The maximum absolute atomic E-state index is 2.62. The summed E-state index contributed by atoms with van der Waals surface area (Å²) in [6.45, 7) is 28.1. The third-order valence-corrected chi connectivity index (χ3v) is 14.8. The van der Waals surface area contributed by atoms with Gasteiger partial charge in [-0.05, 0) is 150 Å². The number of nitrogens with zero attached hydrogens (tertiary/aromatic N) is 2. The van der Waals surface area contributed by atoms with E-state index in [0.29, 0.717) is 23.7 Å². The van der Waals surface area contributed by atoms with Crippen LogP contribution < -0.4 is 9.80 Å². The second-order valence-electron chi connectivity index (χ2n) is 21.3. The Morgan fingerprint density at radius 2 is 0.618 bits per heavy atom. The molecule has 0 radical (unpaired) electrons. The molecule has 0 aliphatic rings. The van der Waals surface area contributed by atoms with E-state index in [1.54, 1.807) is 0 Å². The van der Waals surface area contributed by atoms with Crippen molar-refractivity contribution in [1.82, 2.24) is 0 Å². The van der Waals surface area contributed by atoms with Crippen molar-refractivity contribution >= 4 is 88.0 Å². The fraction of sp³-hybridized carbons (Fsp3) is 0.273. The minimum absolute atomic E-state index is 0.282. The number of rotatable bonds is 12. The Kier molecular flexibility index (Phi) is 11.8. The molecule has 2 nitrogen and oxygen atoms in total. The van der Waals surface area contributed by atoms with Crippen LogP contribution in [0.25, 0.3) is 53.9 Å². The van der Waals surface area contributed by atoms with Crippen molar-refractivity contribution < 1.29 is 0 Å². The summed E-state index contributed by atoms with van der Waals surface area (Å²) in [7, 11) is 0. The molecular formula is C66H68N2. The maximum Gasteiger partial charge on any atom is 0.0574 e. The molecule has 2 heteroatoms. The van der Waals surface area contributed by atoms with Gasteiger partial charge in [0.25, 0.3) is 0 Å². The third kappa shape index (κ3) is 7.58. The Hall–Kier alpha value is -6.64. The van der Waals surface area contributed by atoms with Crippen molar-refractivity contribution in [2.75, 3.05) is 9.80 Å². The molecule has 342 valence electrons. The first kappa shape index (κ1) is 45.2. The molecule has 0 atom stereocenters. The van der Waals surface area contributed by atoms with Crippen LogP contribution in [0.1, 0.15) is 152 Å². The first-order valence-electron chi connectivity index (χ1n) is 25.3. The van der Waals surface area contributed by atoms with Gasteiger partial charge in [-0.3, -0.25) is 0 Å². The molecule has 10 aromatic carbocycles. The van der Waals surface area contributed by atoms with Crippen LogP contribution in [0.2, 0.25) is 0 Å². The Bertz CT molecular complexity index is 3220. The van der Waals surface area contributed by atoms with E-state index in [0.717, 1.165) is 0 Å². The topological polar surface area (TPSA) is 6.48 Å². The van der Waals surface area contributed by atoms with E-state index >= 15 is 0 Å². The molecular weight excluding hydrogens is 821 g/mol. The van der Waals surface area contributed by atoms with Gasteiger partial charge in [0.1, 0.15) is 0 Å². The summed E-state index contributed by atoms with van der Waals surface area (Å²) >= 11 is 0. The fourth-order valence-corrected chi connectivity index (χ4v) is 11.1. The summed E-state index contributed by atoms with van der Waals surface area (Å²) in [5.41, 5.74) is 15.5. The Labute approximate surface area is 405 Å². The second kappa shape index (κ2) is 17.8. The van der Waals surface area contributed by atoms with Crippen molar-refractivity contribution in [2.24, 2.45) is 0 Å². The molecule has 0 bridgehead atoms. The van der Waals surface area contributed by atoms with Crippen molar-refractivity contribution in [3.63, 3.8) is 0 Å². The fourth-order valence-electron chi connectivity index (χ4n) is 11.1. The van der Waals surface area contributed by atoms with E-state index < -0.39 is 0 Å². The first-order chi connectivity index (χ1) is 32.7. The highest BCUT2D eigenvalue weighted by atomic mass is 15.2. The van der Waals surface area contributed by atoms with Gasteiger partial charge in [0.2, 0.25) is 0 Å². The summed E-state index contributed by atoms with van der Waals surface area (Å²) < 4.78 is 0. The van der Waals surface area contributed by atoms with Gasteiger partial charge in [-0.15, -0.1) is 0 Å². The highest BCUT2D eigenvalue weighted by molar-refractivity contribution is 6.30. The lowest BCUT2D eigenvalue weighted by Crippen LogP contribution is -2.16. The molecule has 0 aliphatic carbocycles. The van der Waals surface area contributed by atoms with E-state index in [9.17, 15) is 0 Å². The van der Waals surface area contributed by atoms with Crippen LogP contribution in [-0.4, -0.2) is 0 Å². The predicted octanol–water partition coefficient (Wildman–Crippen LogP) is 20.6. The van der Waals surface area contributed by atoms with E-state index in [2.05, 4.69) is 251 Å². The van der Waals surface area contributed by atoms with Crippen LogP contribution in [0.5, 0.6) is 0 Å². The predicted molar refractivity (Wildman–Crippen MR) is 299 cm³/mol. The highest BCUT2D eigenvalue weighted by Crippen LogP contribution is 2.54. The lowest BCUT2D eigenvalue weighted by atomic mass is 9.83. The van der Waals surface area contributed by atoms with Crippen LogP contribution >= 0.6 is 0 Å². The molecule has 68 heavy (non-hydrogen) atoms. The lowest BCUT2D eigenvalue weighted by Gasteiger charge is -2.34. The summed E-state index contributed by atoms with van der Waals surface area (Å²) in [5.74, 6) is 1.98. The van der Waals surface area contributed by atoms with Gasteiger partial charge in [0, 0.05) is 32.9 Å². The van der Waals surface area contributed by atoms with Crippen LogP contribution in [0, 0.1) is 0 Å². The summed E-state index contributed by atoms with van der Waals surface area (Å²) in [6, 6.07) is 60.9. The molecule has 0 aromatic heterocycles. The number of para-hydroxylation sites is 2. The van der Waals surface area contributed by atoms with Crippen molar-refractivity contribution in [1.29, 1.82) is 0 Å². The third-order valence-electron chi connectivity index (χ3n) is 14.8. The van der Waals surface area contributed by atoms with Gasteiger partial charge in [-0.25, -0.2) is 0 Å². The van der Waals surface area contributed by atoms with Crippen LogP contribution in [-0.2, 0) is 0 Å². The molecule has 0 spiro atoms. The zero-order valence-corrected chi connectivity index (χ0v) is 42.4. The monoisotopic (exact) mass is 889 g/mol. The van der Waals surface area contributed by atoms with Gasteiger partial charge < -0.3 is 9.80 Å². The summed E-state index contributed by atoms with van der Waals surface area (Å²) in [6.07, 6.45) is 0. The van der Waals surface area contributed by atoms with Gasteiger partial charge in [0.15, 0.2) is 0 Å². The quantitative estimate of drug-likeness (QED) is 0.113. The minimum Gasteiger partial charge on any atom is -0.309 e. The van der Waals surface area contributed by atoms with E-state index in [-0.39, 0.29) is 11.8 Å². The Balaban J connectivity index is 1.38. The first-order valence-corrected chi connectivity index (χ1v) is 25.3. The SMILES string of the molecule is CC(C)c1ccc2ccc(C(C)C)c(N(c3ccccc3)c3cc(C(C)C)c4ccc5c(N(c6ccccc6)c6c(C(C)C)ccc7ccc(C(C)C)cc67)cc(C(C)C)c6ccc3c4c65)c2c1. The molecule has 10 aromatic rings. The Morgan fingerprint density at radius 3 is 0.956 bits per heavy atom. The van der Waals surface area contributed by atoms with Gasteiger partial charge in [-0.1, -0.05) is 192 Å². The number of hydrogen-bond acceptors (Lipinski definition) is 2. The smallest absolute Gasteiger partial charge is 0.0574 e. The average Bonchev–Trinajstić information content (AvgIpc) is 3.33. The molecule has 0 N–H and O–H groups in total. The normalized spacial score (nSPS) is 12.3. The molecule has 0 heterocycles. The number of benzene rings is 10. The van der Waals surface area contributed by atoms with Crippen LogP contribution in [0.3, 0.4) is 0 Å². The lowest BCUT2D eigenvalue weighted by molar-refractivity contribution is 0.862. The van der Waals surface area contributed by atoms with E-state index in [4.69, 9.17) is 0 Å². The largest absolute Gasteiger partial charge is 0.309 e. The van der Waals surface area contributed by atoms with Crippen LogP contribution in [0.4, 0.5) is 34.1 Å². The molecule has 10 rings (SSSR count). The van der Waals surface area contributed by atoms with E-state index in [1.807, 2.05) is 0 Å². The molecule has 0 fully saturated rings. The Morgan fingerprint density at radius 1 is 0.279 bits per heavy atom. The van der Waals surface area contributed by atoms with Gasteiger partial charge in [0.05, 0.1) is 22.7 Å². The van der Waals surface area contributed by atoms with Crippen molar-refractivity contribution in [3.05, 3.63) is 191 Å². The van der Waals surface area contributed by atoms with Crippen molar-refractivity contribution in [2.45, 2.75) is 119 Å². The van der Waals surface area contributed by atoms with Crippen LogP contribution in [0.15, 0.2) is 158 Å². The number of hydrogen-bond donors (Lipinski definition) is 0. The molecule has 0 saturated carbocycles. The van der Waals surface area contributed by atoms with Gasteiger partial charge in [-0.2, -0.15) is 0 Å². The summed E-state index contributed by atoms with van der Waals surface area (Å²) in [4.78, 5) is 5.24. The van der Waals surface area contributed by atoms with E-state index in [1.165, 1.54) is 121 Å². The zero-order valence-electron chi connectivity index (χ0n) is 42.4. The number of fused-ring (bicyclic) bond motifs is 2. The van der Waals surface area contributed by atoms with Gasteiger partial charge >= 0.3 is 0 Å². The number of anilines is 6. The minimum atomic E-state index is 0.282. The molecule has 0 unspecified atom stereocenters. The molecule has 0 saturated heterocycles. The summed E-state index contributed by atoms with van der Waals surface area (Å²) in [5, 5.41) is 13.0.